The number of nitrogens with two attached hydrogens (primary N) is 1. The van der Waals surface area contributed by atoms with E-state index in [1.54, 1.807) is 0 Å². The molecule has 0 bridgehead atoms. The maximum absolute atomic E-state index is 9.04. The molecule has 1 aliphatic rings. The first-order valence-corrected chi connectivity index (χ1v) is 3.55. The molecule has 0 radical (unpaired) electrons. The number of hydrogen-bond acceptors (Lipinski definition) is 5. The van der Waals surface area contributed by atoms with Crippen molar-refractivity contribution < 1.29 is 15.3 Å². The smallest absolute Gasteiger partial charge is 0.108 e. The van der Waals surface area contributed by atoms with Gasteiger partial charge in [0.2, 0.25) is 0 Å². The zero-order chi connectivity index (χ0) is 7.89. The van der Waals surface area contributed by atoms with Gasteiger partial charge in [0.05, 0.1) is 12.2 Å². The van der Waals surface area contributed by atoms with Crippen LogP contribution in [0.4, 0.5) is 0 Å². The summed E-state index contributed by atoms with van der Waals surface area (Å²) in [4.78, 5) is 0. The lowest BCUT2D eigenvalue weighted by Gasteiger charge is -2.11. The van der Waals surface area contributed by atoms with Crippen molar-refractivity contribution in [3.05, 3.63) is 0 Å². The van der Waals surface area contributed by atoms with Gasteiger partial charge in [0.15, 0.2) is 0 Å². The van der Waals surface area contributed by atoms with Crippen molar-refractivity contribution in [3.8, 4) is 0 Å². The Morgan fingerprint density at radius 2 is 1.50 bits per heavy atom. The van der Waals surface area contributed by atoms with E-state index in [-0.39, 0.29) is 0 Å². The molecule has 4 nitrogen and oxygen atoms in total. The second-order valence-electron chi connectivity index (χ2n) is 2.54. The van der Waals surface area contributed by atoms with Gasteiger partial charge in [-0.1, -0.05) is 0 Å². The van der Waals surface area contributed by atoms with Crippen LogP contribution in [0.2, 0.25) is 0 Å². The van der Waals surface area contributed by atoms with Crippen LogP contribution in [0.3, 0.4) is 0 Å². The highest BCUT2D eigenvalue weighted by molar-refractivity contribution is 7.81. The monoisotopic (exact) mass is 165 g/mol. The maximum Gasteiger partial charge on any atom is 0.108 e. The SMILES string of the molecule is N[C@H]1[C@H](O)[C@H](O)[C@H](O)[C@H]1S. The Labute approximate surface area is 64.1 Å². The van der Waals surface area contributed by atoms with Gasteiger partial charge in [0, 0.05) is 11.3 Å². The normalized spacial score (nSPS) is 55.5. The average molecular weight is 165 g/mol. The lowest BCUT2D eigenvalue weighted by Crippen LogP contribution is -2.38. The number of rotatable bonds is 0. The van der Waals surface area contributed by atoms with E-state index in [1.807, 2.05) is 0 Å². The van der Waals surface area contributed by atoms with Crippen molar-refractivity contribution in [2.24, 2.45) is 5.73 Å². The average Bonchev–Trinajstić information content (AvgIpc) is 2.07. The third-order valence-electron chi connectivity index (χ3n) is 1.84. The summed E-state index contributed by atoms with van der Waals surface area (Å²) >= 11 is 3.91. The third-order valence-corrected chi connectivity index (χ3v) is 2.49. The van der Waals surface area contributed by atoms with Gasteiger partial charge in [-0.25, -0.2) is 0 Å². The first-order chi connectivity index (χ1) is 4.55. The predicted molar refractivity (Wildman–Crippen MR) is 38.8 cm³/mol. The molecule has 0 aromatic heterocycles. The van der Waals surface area contributed by atoms with Crippen LogP contribution >= 0.6 is 12.6 Å². The van der Waals surface area contributed by atoms with E-state index < -0.39 is 29.6 Å². The maximum atomic E-state index is 9.04. The molecule has 5 atom stereocenters. The summed E-state index contributed by atoms with van der Waals surface area (Å²) in [6.45, 7) is 0. The van der Waals surface area contributed by atoms with Crippen LogP contribution in [0, 0.1) is 0 Å². The van der Waals surface area contributed by atoms with E-state index in [0.29, 0.717) is 0 Å². The van der Waals surface area contributed by atoms with E-state index in [0.717, 1.165) is 0 Å². The molecule has 1 saturated carbocycles. The first kappa shape index (κ1) is 8.29. The molecule has 0 aromatic rings. The molecule has 0 amide bonds. The summed E-state index contributed by atoms with van der Waals surface area (Å²) in [6.07, 6.45) is -3.23. The van der Waals surface area contributed by atoms with Crippen LogP contribution < -0.4 is 5.73 Å². The summed E-state index contributed by atoms with van der Waals surface area (Å²) in [7, 11) is 0. The Morgan fingerprint density at radius 1 is 1.00 bits per heavy atom. The zero-order valence-electron chi connectivity index (χ0n) is 5.25. The third kappa shape index (κ3) is 1.04. The van der Waals surface area contributed by atoms with Crippen LogP contribution in [-0.4, -0.2) is 44.9 Å². The van der Waals surface area contributed by atoms with Gasteiger partial charge < -0.3 is 21.1 Å². The van der Waals surface area contributed by atoms with Gasteiger partial charge in [-0.05, 0) is 0 Å². The molecular weight excluding hydrogens is 154 g/mol. The minimum absolute atomic E-state index is 0.537. The Morgan fingerprint density at radius 3 is 1.60 bits per heavy atom. The molecule has 1 aliphatic carbocycles. The van der Waals surface area contributed by atoms with E-state index in [1.165, 1.54) is 0 Å². The molecule has 0 spiro atoms. The van der Waals surface area contributed by atoms with Gasteiger partial charge in [-0.3, -0.25) is 0 Å². The highest BCUT2D eigenvalue weighted by Crippen LogP contribution is 2.23. The van der Waals surface area contributed by atoms with Crippen molar-refractivity contribution >= 4 is 12.6 Å². The van der Waals surface area contributed by atoms with Crippen molar-refractivity contribution in [3.63, 3.8) is 0 Å². The Kier molecular flexibility index (Phi) is 2.21. The van der Waals surface area contributed by atoms with E-state index in [2.05, 4.69) is 12.6 Å². The lowest BCUT2D eigenvalue weighted by molar-refractivity contribution is -0.0198. The molecule has 0 unspecified atom stereocenters. The van der Waals surface area contributed by atoms with Gasteiger partial charge in [0.1, 0.15) is 6.10 Å². The zero-order valence-corrected chi connectivity index (χ0v) is 6.15. The van der Waals surface area contributed by atoms with E-state index >= 15 is 0 Å². The van der Waals surface area contributed by atoms with Crippen molar-refractivity contribution in [1.82, 2.24) is 0 Å². The highest BCUT2D eigenvalue weighted by Gasteiger charge is 2.45. The number of aliphatic hydroxyl groups excluding tert-OH is 3. The highest BCUT2D eigenvalue weighted by atomic mass is 32.1. The molecular formula is C5H11NO3S. The summed E-state index contributed by atoms with van der Waals surface area (Å²) in [5.41, 5.74) is 5.36. The van der Waals surface area contributed by atoms with E-state index in [4.69, 9.17) is 21.1 Å². The summed E-state index contributed by atoms with van der Waals surface area (Å²) in [6, 6.07) is -0.645. The van der Waals surface area contributed by atoms with Crippen LogP contribution in [0.15, 0.2) is 0 Å². The van der Waals surface area contributed by atoms with Crippen LogP contribution in [0.5, 0.6) is 0 Å². The predicted octanol–water partition coefficient (Wildman–Crippen LogP) is -2.29. The molecule has 10 heavy (non-hydrogen) atoms. The second kappa shape index (κ2) is 2.67. The molecule has 5 heteroatoms. The molecule has 0 saturated heterocycles. The Balaban J connectivity index is 2.68. The van der Waals surface area contributed by atoms with Gasteiger partial charge >= 0.3 is 0 Å². The largest absolute Gasteiger partial charge is 0.389 e. The lowest BCUT2D eigenvalue weighted by atomic mass is 10.2. The summed E-state index contributed by atoms with van der Waals surface area (Å²) in [5.74, 6) is 0. The summed E-state index contributed by atoms with van der Waals surface area (Å²) in [5, 5.41) is 26.5. The minimum Gasteiger partial charge on any atom is -0.389 e. The van der Waals surface area contributed by atoms with Crippen molar-refractivity contribution in [2.75, 3.05) is 0 Å². The van der Waals surface area contributed by atoms with Gasteiger partial charge in [-0.15, -0.1) is 0 Å². The quantitative estimate of drug-likeness (QED) is 0.261. The number of thiol groups is 1. The van der Waals surface area contributed by atoms with Crippen LogP contribution in [0.25, 0.3) is 0 Å². The Hall–Kier alpha value is 0.190. The first-order valence-electron chi connectivity index (χ1n) is 3.03. The van der Waals surface area contributed by atoms with Gasteiger partial charge in [-0.2, -0.15) is 12.6 Å². The number of hydrogen-bond donors (Lipinski definition) is 5. The second-order valence-corrected chi connectivity index (χ2v) is 3.14. The molecule has 0 heterocycles. The van der Waals surface area contributed by atoms with Crippen LogP contribution in [-0.2, 0) is 0 Å². The van der Waals surface area contributed by atoms with Crippen LogP contribution in [0.1, 0.15) is 0 Å². The number of aliphatic hydroxyl groups is 3. The van der Waals surface area contributed by atoms with E-state index in [9.17, 15) is 0 Å². The minimum atomic E-state index is -1.16. The summed E-state index contributed by atoms with van der Waals surface area (Å²) < 4.78 is 0. The molecule has 0 aromatic carbocycles. The van der Waals surface area contributed by atoms with Crippen molar-refractivity contribution in [2.45, 2.75) is 29.6 Å². The fourth-order valence-electron chi connectivity index (χ4n) is 1.06. The Bertz CT molecular complexity index is 89.2. The standard InChI is InChI=1S/C5H11NO3S/c6-1-2(7)3(8)4(9)5(1)10/h1-5,7-10H,6H2/t1-,2-,3-,4-,5-/m0/s1. The fraction of sp³-hybridized carbons (Fsp3) is 1.00. The van der Waals surface area contributed by atoms with Crippen molar-refractivity contribution in [1.29, 1.82) is 0 Å². The molecule has 1 fully saturated rings. The fourth-order valence-corrected chi connectivity index (χ4v) is 1.41. The molecule has 1 rings (SSSR count). The molecule has 60 valence electrons. The van der Waals surface area contributed by atoms with Gasteiger partial charge in [0.25, 0.3) is 0 Å². The molecule has 5 N–H and O–H groups in total. The topological polar surface area (TPSA) is 86.7 Å². The molecule has 0 aliphatic heterocycles.